The first kappa shape index (κ1) is 12.8. The van der Waals surface area contributed by atoms with Gasteiger partial charge in [0.2, 0.25) is 11.4 Å². The van der Waals surface area contributed by atoms with E-state index in [0.29, 0.717) is 0 Å². The first-order valence-electron chi connectivity index (χ1n) is 7.00. The van der Waals surface area contributed by atoms with Crippen molar-refractivity contribution >= 4 is 0 Å². The van der Waals surface area contributed by atoms with Crippen LogP contribution in [0.3, 0.4) is 0 Å². The second-order valence-corrected chi connectivity index (χ2v) is 5.04. The molecule has 22 heavy (non-hydrogen) atoms. The van der Waals surface area contributed by atoms with Gasteiger partial charge in [0.05, 0.1) is 25.8 Å². The summed E-state index contributed by atoms with van der Waals surface area (Å²) < 4.78 is 21.0. The molecule has 0 saturated heterocycles. The van der Waals surface area contributed by atoms with Gasteiger partial charge in [-0.3, -0.25) is 0 Å². The highest BCUT2D eigenvalue weighted by molar-refractivity contribution is 5.72. The Kier molecular flexibility index (Phi) is 2.79. The van der Waals surface area contributed by atoms with E-state index in [-0.39, 0.29) is 0 Å². The van der Waals surface area contributed by atoms with E-state index in [9.17, 15) is 0 Å². The molecule has 0 bridgehead atoms. The lowest BCUT2D eigenvalue weighted by molar-refractivity contribution is -0.666. The van der Waals surface area contributed by atoms with Gasteiger partial charge in [-0.15, -0.1) is 0 Å². The predicted molar refractivity (Wildman–Crippen MR) is 79.4 cm³/mol. The third-order valence-corrected chi connectivity index (χ3v) is 3.83. The minimum absolute atomic E-state index is 0.734. The monoisotopic (exact) mass is 295 g/mol. The molecule has 4 heterocycles. The standard InChI is InChI=1S/C17H15N2O3/c1-12-18(2)16(13-6-3-9-20-13)17(14-7-4-10-21-14)19(12)15-8-5-11-22-15/h3-11H,1-2H3/q+1. The summed E-state index contributed by atoms with van der Waals surface area (Å²) in [7, 11) is 2.00. The minimum Gasteiger partial charge on any atom is -0.460 e. The Labute approximate surface area is 127 Å². The quantitative estimate of drug-likeness (QED) is 0.541. The van der Waals surface area contributed by atoms with Crippen molar-refractivity contribution in [3.63, 3.8) is 0 Å². The van der Waals surface area contributed by atoms with Crippen molar-refractivity contribution in [1.82, 2.24) is 4.57 Å². The molecule has 0 saturated carbocycles. The zero-order valence-electron chi connectivity index (χ0n) is 12.3. The van der Waals surface area contributed by atoms with E-state index in [4.69, 9.17) is 13.3 Å². The van der Waals surface area contributed by atoms with Crippen molar-refractivity contribution < 1.29 is 17.8 Å². The fourth-order valence-electron chi connectivity index (χ4n) is 2.74. The Morgan fingerprint density at radius 3 is 2.09 bits per heavy atom. The van der Waals surface area contributed by atoms with Crippen LogP contribution in [0.2, 0.25) is 0 Å². The molecule has 5 nitrogen and oxygen atoms in total. The van der Waals surface area contributed by atoms with Crippen molar-refractivity contribution in [2.45, 2.75) is 6.92 Å². The predicted octanol–water partition coefficient (Wildman–Crippen LogP) is 3.72. The highest BCUT2D eigenvalue weighted by atomic mass is 16.3. The van der Waals surface area contributed by atoms with Crippen LogP contribution >= 0.6 is 0 Å². The van der Waals surface area contributed by atoms with Crippen LogP contribution in [-0.2, 0) is 7.05 Å². The van der Waals surface area contributed by atoms with Gasteiger partial charge in [0, 0.05) is 13.0 Å². The summed E-state index contributed by atoms with van der Waals surface area (Å²) >= 11 is 0. The van der Waals surface area contributed by atoms with Gasteiger partial charge < -0.3 is 13.3 Å². The number of furan rings is 3. The molecule has 0 aromatic carbocycles. The van der Waals surface area contributed by atoms with E-state index in [2.05, 4.69) is 4.57 Å². The fraction of sp³-hybridized carbons (Fsp3) is 0.118. The highest BCUT2D eigenvalue weighted by Crippen LogP contribution is 2.34. The van der Waals surface area contributed by atoms with Crippen LogP contribution in [0.4, 0.5) is 0 Å². The molecule has 4 rings (SSSR count). The average Bonchev–Trinajstić information content (AvgIpc) is 3.27. The smallest absolute Gasteiger partial charge is 0.294 e. The molecule has 4 aromatic heterocycles. The highest BCUT2D eigenvalue weighted by Gasteiger charge is 2.33. The van der Waals surface area contributed by atoms with Crippen molar-refractivity contribution in [3.05, 3.63) is 61.0 Å². The Morgan fingerprint density at radius 2 is 1.50 bits per heavy atom. The molecule has 0 unspecified atom stereocenters. The number of imidazole rings is 1. The molecule has 0 radical (unpaired) electrons. The van der Waals surface area contributed by atoms with Crippen molar-refractivity contribution in [2.24, 2.45) is 7.05 Å². The molecule has 0 aliphatic carbocycles. The van der Waals surface area contributed by atoms with Gasteiger partial charge >= 0.3 is 0 Å². The van der Waals surface area contributed by atoms with Gasteiger partial charge in [-0.2, -0.15) is 4.57 Å². The van der Waals surface area contributed by atoms with Gasteiger partial charge in [-0.05, 0) is 30.3 Å². The van der Waals surface area contributed by atoms with E-state index in [1.807, 2.05) is 54.9 Å². The molecule has 4 aromatic rings. The summed E-state index contributed by atoms with van der Waals surface area (Å²) in [5, 5.41) is 0. The topological polar surface area (TPSA) is 48.2 Å². The Hall–Kier alpha value is -2.95. The molecular formula is C17H15N2O3+. The summed E-state index contributed by atoms with van der Waals surface area (Å²) in [5.74, 6) is 3.28. The van der Waals surface area contributed by atoms with Gasteiger partial charge in [0.15, 0.2) is 11.5 Å². The van der Waals surface area contributed by atoms with Crippen LogP contribution in [0.15, 0.2) is 68.4 Å². The van der Waals surface area contributed by atoms with Crippen molar-refractivity contribution in [3.8, 4) is 28.8 Å². The molecule has 0 spiro atoms. The summed E-state index contributed by atoms with van der Waals surface area (Å²) in [6, 6.07) is 11.4. The zero-order chi connectivity index (χ0) is 15.1. The molecule has 0 aliphatic rings. The van der Waals surface area contributed by atoms with Crippen molar-refractivity contribution in [1.29, 1.82) is 0 Å². The van der Waals surface area contributed by atoms with Crippen LogP contribution in [0.25, 0.3) is 28.8 Å². The lowest BCUT2D eigenvalue weighted by Crippen LogP contribution is -2.32. The minimum atomic E-state index is 0.734. The zero-order valence-corrected chi connectivity index (χ0v) is 12.3. The fourth-order valence-corrected chi connectivity index (χ4v) is 2.74. The second-order valence-electron chi connectivity index (χ2n) is 5.04. The number of aromatic nitrogens is 2. The first-order valence-corrected chi connectivity index (χ1v) is 7.00. The van der Waals surface area contributed by atoms with E-state index < -0.39 is 0 Å². The van der Waals surface area contributed by atoms with Gasteiger partial charge in [0.25, 0.3) is 11.7 Å². The molecule has 110 valence electrons. The van der Waals surface area contributed by atoms with Crippen LogP contribution in [-0.4, -0.2) is 4.57 Å². The van der Waals surface area contributed by atoms with E-state index in [1.165, 1.54) is 0 Å². The molecular weight excluding hydrogens is 280 g/mol. The summed E-state index contributed by atoms with van der Waals surface area (Å²) in [6.45, 7) is 2.03. The second kappa shape index (κ2) is 4.80. The normalized spacial score (nSPS) is 11.2. The molecule has 0 atom stereocenters. The molecule has 0 amide bonds. The van der Waals surface area contributed by atoms with Gasteiger partial charge in [0.1, 0.15) is 0 Å². The largest absolute Gasteiger partial charge is 0.460 e. The van der Waals surface area contributed by atoms with Crippen LogP contribution in [0, 0.1) is 6.92 Å². The number of rotatable bonds is 3. The Morgan fingerprint density at radius 1 is 0.864 bits per heavy atom. The van der Waals surface area contributed by atoms with Crippen LogP contribution in [0.1, 0.15) is 5.82 Å². The number of hydrogen-bond acceptors (Lipinski definition) is 3. The van der Waals surface area contributed by atoms with Crippen LogP contribution < -0.4 is 4.57 Å². The van der Waals surface area contributed by atoms with Crippen molar-refractivity contribution in [2.75, 3.05) is 0 Å². The summed E-state index contributed by atoms with van der Waals surface area (Å²) in [6.07, 6.45) is 4.99. The number of nitrogens with zero attached hydrogens (tertiary/aromatic N) is 2. The number of hydrogen-bond donors (Lipinski definition) is 0. The van der Waals surface area contributed by atoms with Gasteiger partial charge in [-0.25, -0.2) is 4.57 Å². The average molecular weight is 295 g/mol. The van der Waals surface area contributed by atoms with Crippen LogP contribution in [0.5, 0.6) is 0 Å². The Balaban J connectivity index is 2.10. The summed E-state index contributed by atoms with van der Waals surface area (Å²) in [4.78, 5) is 0. The van der Waals surface area contributed by atoms with E-state index >= 15 is 0 Å². The molecule has 0 fully saturated rings. The summed E-state index contributed by atoms with van der Waals surface area (Å²) in [5.41, 5.74) is 1.84. The molecule has 0 N–H and O–H groups in total. The molecule has 0 aliphatic heterocycles. The first-order chi connectivity index (χ1) is 10.8. The van der Waals surface area contributed by atoms with E-state index in [1.54, 1.807) is 18.8 Å². The third kappa shape index (κ3) is 1.75. The SMILES string of the molecule is Cc1n(-c2ccco2)c(-c2ccco2)c(-c2ccco2)[n+]1C. The lowest BCUT2D eigenvalue weighted by atomic mass is 10.2. The lowest BCUT2D eigenvalue weighted by Gasteiger charge is -1.98. The van der Waals surface area contributed by atoms with E-state index in [0.717, 1.165) is 34.6 Å². The Bertz CT molecular complexity index is 825. The third-order valence-electron chi connectivity index (χ3n) is 3.83. The van der Waals surface area contributed by atoms with Gasteiger partial charge in [-0.1, -0.05) is 0 Å². The molecule has 5 heteroatoms. The maximum Gasteiger partial charge on any atom is 0.294 e. The maximum atomic E-state index is 5.65. The maximum absolute atomic E-state index is 5.65.